The van der Waals surface area contributed by atoms with Crippen molar-refractivity contribution in [2.24, 2.45) is 0 Å². The van der Waals surface area contributed by atoms with Crippen molar-refractivity contribution >= 4 is 17.3 Å². The SMILES string of the molecule is CN(CCNc1ccc(Cl)cc1)C1CCOC1. The maximum Gasteiger partial charge on any atom is 0.0622 e. The van der Waals surface area contributed by atoms with Crippen LogP contribution in [0.25, 0.3) is 0 Å². The molecule has 1 fully saturated rings. The van der Waals surface area contributed by atoms with Crippen LogP contribution in [0.1, 0.15) is 6.42 Å². The predicted octanol–water partition coefficient (Wildman–Crippen LogP) is 2.47. The molecule has 94 valence electrons. The molecule has 1 aromatic rings. The minimum Gasteiger partial charge on any atom is -0.384 e. The summed E-state index contributed by atoms with van der Waals surface area (Å²) in [6, 6.07) is 8.39. The van der Waals surface area contributed by atoms with Crippen molar-refractivity contribution in [3.8, 4) is 0 Å². The van der Waals surface area contributed by atoms with Crippen LogP contribution >= 0.6 is 11.6 Å². The minimum atomic E-state index is 0.585. The molecule has 3 nitrogen and oxygen atoms in total. The highest BCUT2D eigenvalue weighted by molar-refractivity contribution is 6.30. The highest BCUT2D eigenvalue weighted by Crippen LogP contribution is 2.13. The second-order valence-corrected chi connectivity index (χ2v) is 4.87. The van der Waals surface area contributed by atoms with Crippen LogP contribution in [-0.4, -0.2) is 44.3 Å². The van der Waals surface area contributed by atoms with E-state index in [9.17, 15) is 0 Å². The molecular weight excluding hydrogens is 236 g/mol. The molecule has 1 heterocycles. The third-order valence-electron chi connectivity index (χ3n) is 3.17. The summed E-state index contributed by atoms with van der Waals surface area (Å²) in [5.74, 6) is 0. The van der Waals surface area contributed by atoms with E-state index in [1.54, 1.807) is 0 Å². The molecule has 0 bridgehead atoms. The van der Waals surface area contributed by atoms with E-state index in [1.807, 2.05) is 24.3 Å². The van der Waals surface area contributed by atoms with Gasteiger partial charge in [0.1, 0.15) is 0 Å². The van der Waals surface area contributed by atoms with E-state index in [0.29, 0.717) is 6.04 Å². The lowest BCUT2D eigenvalue weighted by Gasteiger charge is -2.23. The van der Waals surface area contributed by atoms with Gasteiger partial charge < -0.3 is 10.1 Å². The average Bonchev–Trinajstić information content (AvgIpc) is 2.85. The number of hydrogen-bond acceptors (Lipinski definition) is 3. The molecule has 0 amide bonds. The summed E-state index contributed by atoms with van der Waals surface area (Å²) in [5.41, 5.74) is 1.12. The molecule has 0 aromatic heterocycles. The number of anilines is 1. The van der Waals surface area contributed by atoms with Crippen LogP contribution < -0.4 is 5.32 Å². The first-order valence-electron chi connectivity index (χ1n) is 6.03. The molecule has 4 heteroatoms. The maximum atomic E-state index is 5.83. The summed E-state index contributed by atoms with van der Waals surface area (Å²) >= 11 is 5.83. The van der Waals surface area contributed by atoms with E-state index in [0.717, 1.165) is 43.4 Å². The zero-order chi connectivity index (χ0) is 12.1. The number of nitrogens with one attached hydrogen (secondary N) is 1. The normalized spacial score (nSPS) is 19.8. The first-order valence-corrected chi connectivity index (χ1v) is 6.41. The number of benzene rings is 1. The summed E-state index contributed by atoms with van der Waals surface area (Å²) in [4.78, 5) is 2.36. The summed E-state index contributed by atoms with van der Waals surface area (Å²) < 4.78 is 5.38. The number of likely N-dealkylation sites (N-methyl/N-ethyl adjacent to an activating group) is 1. The fourth-order valence-corrected chi connectivity index (χ4v) is 2.12. The molecule has 0 radical (unpaired) electrons. The van der Waals surface area contributed by atoms with Crippen LogP contribution in [0.3, 0.4) is 0 Å². The Morgan fingerprint density at radius 2 is 2.18 bits per heavy atom. The molecule has 1 aliphatic rings. The quantitative estimate of drug-likeness (QED) is 0.874. The first kappa shape index (κ1) is 12.7. The van der Waals surface area contributed by atoms with Gasteiger partial charge >= 0.3 is 0 Å². The molecule has 0 spiro atoms. The summed E-state index contributed by atoms with van der Waals surface area (Å²) in [7, 11) is 2.16. The second kappa shape index (κ2) is 6.24. The van der Waals surface area contributed by atoms with Crippen molar-refractivity contribution in [2.45, 2.75) is 12.5 Å². The lowest BCUT2D eigenvalue weighted by Crippen LogP contribution is -2.35. The van der Waals surface area contributed by atoms with E-state index in [-0.39, 0.29) is 0 Å². The van der Waals surface area contributed by atoms with Gasteiger partial charge in [-0.3, -0.25) is 4.90 Å². The van der Waals surface area contributed by atoms with Crippen molar-refractivity contribution in [3.05, 3.63) is 29.3 Å². The molecule has 1 aromatic carbocycles. The van der Waals surface area contributed by atoms with Gasteiger partial charge in [0.2, 0.25) is 0 Å². The van der Waals surface area contributed by atoms with Gasteiger partial charge in [-0.15, -0.1) is 0 Å². The molecule has 0 saturated carbocycles. The highest BCUT2D eigenvalue weighted by Gasteiger charge is 2.19. The van der Waals surface area contributed by atoms with Crippen LogP contribution in [-0.2, 0) is 4.74 Å². The zero-order valence-electron chi connectivity index (χ0n) is 10.2. The van der Waals surface area contributed by atoms with Crippen LogP contribution in [0.15, 0.2) is 24.3 Å². The van der Waals surface area contributed by atoms with E-state index >= 15 is 0 Å². The average molecular weight is 255 g/mol. The van der Waals surface area contributed by atoms with E-state index in [4.69, 9.17) is 16.3 Å². The maximum absolute atomic E-state index is 5.83. The number of halogens is 1. The molecule has 17 heavy (non-hydrogen) atoms. The van der Waals surface area contributed by atoms with Crippen molar-refractivity contribution in [1.29, 1.82) is 0 Å². The topological polar surface area (TPSA) is 24.5 Å². The van der Waals surface area contributed by atoms with Crippen LogP contribution in [0, 0.1) is 0 Å². The Bertz CT molecular complexity index is 336. The molecular formula is C13H19ClN2O. The van der Waals surface area contributed by atoms with Crippen LogP contribution in [0.5, 0.6) is 0 Å². The Morgan fingerprint density at radius 1 is 1.41 bits per heavy atom. The van der Waals surface area contributed by atoms with Crippen LogP contribution in [0.4, 0.5) is 5.69 Å². The fourth-order valence-electron chi connectivity index (χ4n) is 2.00. The van der Waals surface area contributed by atoms with Gasteiger partial charge in [0.05, 0.1) is 6.61 Å². The largest absolute Gasteiger partial charge is 0.384 e. The van der Waals surface area contributed by atoms with Gasteiger partial charge in [0.25, 0.3) is 0 Å². The number of nitrogens with zero attached hydrogens (tertiary/aromatic N) is 1. The van der Waals surface area contributed by atoms with Gasteiger partial charge in [-0.25, -0.2) is 0 Å². The predicted molar refractivity (Wildman–Crippen MR) is 71.8 cm³/mol. The summed E-state index contributed by atoms with van der Waals surface area (Å²) in [6.07, 6.45) is 1.15. The number of ether oxygens (including phenoxy) is 1. The molecule has 1 atom stereocenters. The van der Waals surface area contributed by atoms with Crippen molar-refractivity contribution in [3.63, 3.8) is 0 Å². The molecule has 1 unspecified atom stereocenters. The molecule has 1 aliphatic heterocycles. The van der Waals surface area contributed by atoms with Crippen molar-refractivity contribution in [2.75, 3.05) is 38.7 Å². The highest BCUT2D eigenvalue weighted by atomic mass is 35.5. The molecule has 1 saturated heterocycles. The summed E-state index contributed by atoms with van der Waals surface area (Å²) in [5, 5.41) is 4.16. The third kappa shape index (κ3) is 3.87. The Balaban J connectivity index is 1.70. The minimum absolute atomic E-state index is 0.585. The molecule has 0 aliphatic carbocycles. The van der Waals surface area contributed by atoms with E-state index < -0.39 is 0 Å². The lowest BCUT2D eigenvalue weighted by molar-refractivity contribution is 0.161. The Hall–Kier alpha value is -0.770. The monoisotopic (exact) mass is 254 g/mol. The molecule has 1 N–H and O–H groups in total. The Labute approximate surface area is 108 Å². The van der Waals surface area contributed by atoms with Gasteiger partial charge in [0, 0.05) is 36.4 Å². The van der Waals surface area contributed by atoms with Crippen LogP contribution in [0.2, 0.25) is 5.02 Å². The van der Waals surface area contributed by atoms with E-state index in [1.165, 1.54) is 0 Å². The fraction of sp³-hybridized carbons (Fsp3) is 0.538. The standard InChI is InChI=1S/C13H19ClN2O/c1-16(13-6-9-17-10-13)8-7-15-12-4-2-11(14)3-5-12/h2-5,13,15H,6-10H2,1H3. The smallest absolute Gasteiger partial charge is 0.0622 e. The van der Waals surface area contributed by atoms with Gasteiger partial charge in [-0.2, -0.15) is 0 Å². The zero-order valence-corrected chi connectivity index (χ0v) is 10.9. The van der Waals surface area contributed by atoms with Crippen molar-refractivity contribution in [1.82, 2.24) is 4.90 Å². The molecule has 2 rings (SSSR count). The lowest BCUT2D eigenvalue weighted by atomic mass is 10.2. The van der Waals surface area contributed by atoms with Crippen molar-refractivity contribution < 1.29 is 4.74 Å². The Morgan fingerprint density at radius 3 is 2.82 bits per heavy atom. The summed E-state index contributed by atoms with van der Waals surface area (Å²) in [6.45, 7) is 3.74. The number of hydrogen-bond donors (Lipinski definition) is 1. The Kier molecular flexibility index (Phi) is 4.66. The van der Waals surface area contributed by atoms with Gasteiger partial charge in [-0.05, 0) is 37.7 Å². The first-order chi connectivity index (χ1) is 8.25. The second-order valence-electron chi connectivity index (χ2n) is 4.43. The van der Waals surface area contributed by atoms with E-state index in [2.05, 4.69) is 17.3 Å². The van der Waals surface area contributed by atoms with Gasteiger partial charge in [0.15, 0.2) is 0 Å². The number of rotatable bonds is 5. The third-order valence-corrected chi connectivity index (χ3v) is 3.42. The van der Waals surface area contributed by atoms with Gasteiger partial charge in [-0.1, -0.05) is 11.6 Å².